The lowest BCUT2D eigenvalue weighted by Gasteiger charge is -2.30. The standard InChI is InChI=1S/C29H38N4O8/c1-4-8-20(25(35)28(37)30-12-5-2)32-27(36)24-26-21-16-33(24)29(38)17(3)31-22(34)15-18-9-6-10-19(14-18)39-13-7-11-23(40-21)41-26/h5-6,9-10,14,17,20-21,23-24,26H,2,4,7-8,11-13,15-16H2,1,3H3,(H,30,37)(H,31,34)(H,32,36)/t17-,20?,21-,23?,24-,26-/m0/s1. The molecule has 0 saturated carbocycles. The number of benzene rings is 1. The van der Waals surface area contributed by atoms with E-state index in [2.05, 4.69) is 22.5 Å². The number of fused-ring (bicyclic) bond motifs is 7. The third-order valence-electron chi connectivity index (χ3n) is 7.28. The van der Waals surface area contributed by atoms with Crippen molar-refractivity contribution in [3.8, 4) is 5.75 Å². The van der Waals surface area contributed by atoms with Crippen LogP contribution in [0.5, 0.6) is 5.75 Å². The summed E-state index contributed by atoms with van der Waals surface area (Å²) in [4.78, 5) is 66.6. The third-order valence-corrected chi connectivity index (χ3v) is 7.28. The second-order valence-corrected chi connectivity index (χ2v) is 10.5. The zero-order chi connectivity index (χ0) is 29.5. The maximum absolute atomic E-state index is 13.7. The van der Waals surface area contributed by atoms with E-state index in [-0.39, 0.29) is 31.8 Å². The van der Waals surface area contributed by atoms with Crippen LogP contribution in [-0.2, 0) is 39.9 Å². The molecule has 4 amide bonds. The molecule has 0 aliphatic carbocycles. The number of nitrogens with zero attached hydrogens (tertiary/aromatic N) is 1. The number of amides is 4. The summed E-state index contributed by atoms with van der Waals surface area (Å²) in [5, 5.41) is 7.84. The summed E-state index contributed by atoms with van der Waals surface area (Å²) in [6, 6.07) is 4.05. The highest BCUT2D eigenvalue weighted by Gasteiger charge is 2.55. The molecule has 0 spiro atoms. The van der Waals surface area contributed by atoms with E-state index in [1.165, 1.54) is 11.0 Å². The van der Waals surface area contributed by atoms with Crippen molar-refractivity contribution in [3.63, 3.8) is 0 Å². The molecule has 41 heavy (non-hydrogen) atoms. The fourth-order valence-electron chi connectivity index (χ4n) is 5.33. The van der Waals surface area contributed by atoms with Gasteiger partial charge in [-0.3, -0.25) is 24.0 Å². The second-order valence-electron chi connectivity index (χ2n) is 10.5. The van der Waals surface area contributed by atoms with E-state index in [9.17, 15) is 24.0 Å². The molecule has 2 fully saturated rings. The van der Waals surface area contributed by atoms with Gasteiger partial charge in [-0.1, -0.05) is 31.6 Å². The predicted octanol–water partition coefficient (Wildman–Crippen LogP) is 0.384. The molecule has 5 rings (SSSR count). The first-order chi connectivity index (χ1) is 19.7. The van der Waals surface area contributed by atoms with Gasteiger partial charge in [-0.15, -0.1) is 6.58 Å². The first-order valence-corrected chi connectivity index (χ1v) is 14.1. The molecule has 4 heterocycles. The summed E-state index contributed by atoms with van der Waals surface area (Å²) in [6.45, 7) is 7.48. The number of rotatable bonds is 8. The third kappa shape index (κ3) is 7.31. The number of carbonyl (C=O) groups is 5. The van der Waals surface area contributed by atoms with Crippen molar-refractivity contribution in [2.24, 2.45) is 0 Å². The van der Waals surface area contributed by atoms with E-state index in [0.29, 0.717) is 31.6 Å². The fraction of sp³-hybridized carbons (Fsp3) is 0.552. The van der Waals surface area contributed by atoms with Gasteiger partial charge in [0.1, 0.15) is 30.0 Å². The SMILES string of the molecule is C=CCNC(=O)C(=O)C(CCC)NC(=O)[C@@H]1[C@H]2OC3CCCOc4cccc(c4)CC(=O)N[C@@H](C)C(=O)N1C[C@@H]2O3. The summed E-state index contributed by atoms with van der Waals surface area (Å²) in [6.07, 6.45) is 1.40. The van der Waals surface area contributed by atoms with Crippen molar-refractivity contribution < 1.29 is 38.2 Å². The normalized spacial score (nSPS) is 26.9. The van der Waals surface area contributed by atoms with Crippen molar-refractivity contribution >= 4 is 29.4 Å². The Bertz CT molecular complexity index is 1170. The van der Waals surface area contributed by atoms with Crippen LogP contribution in [0.15, 0.2) is 36.9 Å². The average Bonchev–Trinajstić information content (AvgIpc) is 3.50. The van der Waals surface area contributed by atoms with Gasteiger partial charge in [-0.2, -0.15) is 0 Å². The number of carbonyl (C=O) groups excluding carboxylic acids is 5. The summed E-state index contributed by atoms with van der Waals surface area (Å²) >= 11 is 0. The van der Waals surface area contributed by atoms with Crippen molar-refractivity contribution in [3.05, 3.63) is 42.5 Å². The lowest BCUT2D eigenvalue weighted by atomic mass is 10.0. The topological polar surface area (TPSA) is 152 Å². The minimum atomic E-state index is -1.12. The van der Waals surface area contributed by atoms with Gasteiger partial charge in [0, 0.05) is 13.0 Å². The zero-order valence-corrected chi connectivity index (χ0v) is 23.4. The highest BCUT2D eigenvalue weighted by atomic mass is 16.7. The van der Waals surface area contributed by atoms with E-state index in [0.717, 1.165) is 5.56 Å². The summed E-state index contributed by atoms with van der Waals surface area (Å²) in [5.74, 6) is -2.46. The first-order valence-electron chi connectivity index (χ1n) is 14.1. The minimum Gasteiger partial charge on any atom is -0.494 e. The minimum absolute atomic E-state index is 0.0486. The summed E-state index contributed by atoms with van der Waals surface area (Å²) in [7, 11) is 0. The molecule has 3 N–H and O–H groups in total. The molecule has 4 aliphatic heterocycles. The van der Waals surface area contributed by atoms with Crippen molar-refractivity contribution in [2.45, 2.75) is 82.6 Å². The molecule has 2 saturated heterocycles. The molecule has 0 aromatic heterocycles. The summed E-state index contributed by atoms with van der Waals surface area (Å²) in [5.41, 5.74) is 0.736. The van der Waals surface area contributed by atoms with Gasteiger partial charge < -0.3 is 35.1 Å². The quantitative estimate of drug-likeness (QED) is 0.300. The molecule has 0 radical (unpaired) electrons. The maximum Gasteiger partial charge on any atom is 0.289 e. The van der Waals surface area contributed by atoms with Gasteiger partial charge in [0.15, 0.2) is 6.29 Å². The average molecular weight is 571 g/mol. The van der Waals surface area contributed by atoms with Gasteiger partial charge in [-0.25, -0.2) is 0 Å². The molecular formula is C29H38N4O8. The number of Topliss-reactive ketones (excluding diaryl/α,β-unsaturated/α-hetero) is 1. The van der Waals surface area contributed by atoms with Crippen LogP contribution < -0.4 is 20.7 Å². The predicted molar refractivity (Wildman–Crippen MR) is 147 cm³/mol. The van der Waals surface area contributed by atoms with Gasteiger partial charge in [0.25, 0.3) is 5.91 Å². The largest absolute Gasteiger partial charge is 0.494 e. The highest BCUT2D eigenvalue weighted by molar-refractivity contribution is 6.38. The number of nitrogens with one attached hydrogen (secondary N) is 3. The highest BCUT2D eigenvalue weighted by Crippen LogP contribution is 2.34. The maximum atomic E-state index is 13.7. The van der Waals surface area contributed by atoms with Crippen molar-refractivity contribution in [2.75, 3.05) is 19.7 Å². The Hall–Kier alpha value is -3.77. The first kappa shape index (κ1) is 30.2. The molecule has 4 aliphatic rings. The molecule has 2 unspecified atom stereocenters. The van der Waals surface area contributed by atoms with Crippen LogP contribution in [0.2, 0.25) is 0 Å². The molecule has 12 heteroatoms. The number of ketones is 1. The van der Waals surface area contributed by atoms with Crippen LogP contribution >= 0.6 is 0 Å². The molecule has 12 nitrogen and oxygen atoms in total. The van der Waals surface area contributed by atoms with Gasteiger partial charge in [0.05, 0.1) is 25.6 Å². The summed E-state index contributed by atoms with van der Waals surface area (Å²) < 4.78 is 18.0. The van der Waals surface area contributed by atoms with E-state index < -0.39 is 60.1 Å². The molecule has 1 aromatic rings. The smallest absolute Gasteiger partial charge is 0.289 e. The Morgan fingerprint density at radius 1 is 1.24 bits per heavy atom. The molecule has 6 atom stereocenters. The zero-order valence-electron chi connectivity index (χ0n) is 23.4. The number of hydrogen-bond acceptors (Lipinski definition) is 8. The Balaban J connectivity index is 1.55. The molecule has 6 bridgehead atoms. The van der Waals surface area contributed by atoms with Crippen LogP contribution in [0.3, 0.4) is 0 Å². The van der Waals surface area contributed by atoms with Crippen LogP contribution in [0.4, 0.5) is 0 Å². The Kier molecular flexibility index (Phi) is 10.1. The van der Waals surface area contributed by atoms with E-state index in [1.807, 2.05) is 13.0 Å². The Labute approximate surface area is 239 Å². The van der Waals surface area contributed by atoms with Gasteiger partial charge in [-0.05, 0) is 37.5 Å². The second kappa shape index (κ2) is 13.7. The lowest BCUT2D eigenvalue weighted by Crippen LogP contribution is -2.58. The van der Waals surface area contributed by atoms with Crippen LogP contribution in [0, 0.1) is 0 Å². The molecular weight excluding hydrogens is 532 g/mol. The molecule has 222 valence electrons. The van der Waals surface area contributed by atoms with Crippen LogP contribution in [-0.4, -0.2) is 90.6 Å². The van der Waals surface area contributed by atoms with Crippen molar-refractivity contribution in [1.82, 2.24) is 20.9 Å². The van der Waals surface area contributed by atoms with E-state index >= 15 is 0 Å². The number of hydrogen-bond donors (Lipinski definition) is 3. The van der Waals surface area contributed by atoms with Gasteiger partial charge >= 0.3 is 0 Å². The Morgan fingerprint density at radius 2 is 2.05 bits per heavy atom. The Morgan fingerprint density at radius 3 is 2.80 bits per heavy atom. The van der Waals surface area contributed by atoms with Crippen LogP contribution in [0.1, 0.15) is 45.1 Å². The number of ether oxygens (including phenoxy) is 3. The van der Waals surface area contributed by atoms with E-state index in [4.69, 9.17) is 14.2 Å². The van der Waals surface area contributed by atoms with Crippen molar-refractivity contribution in [1.29, 1.82) is 0 Å². The lowest BCUT2D eigenvalue weighted by molar-refractivity contribution is -0.150. The van der Waals surface area contributed by atoms with Gasteiger partial charge in [0.2, 0.25) is 23.5 Å². The van der Waals surface area contributed by atoms with Crippen LogP contribution in [0.25, 0.3) is 0 Å². The van der Waals surface area contributed by atoms with E-state index in [1.54, 1.807) is 25.1 Å². The molecule has 1 aromatic carbocycles. The fourth-order valence-corrected chi connectivity index (χ4v) is 5.33. The monoisotopic (exact) mass is 570 g/mol.